The Kier molecular flexibility index (Phi) is 5.93. The van der Waals surface area contributed by atoms with Crippen LogP contribution >= 0.6 is 0 Å². The molecule has 0 saturated heterocycles. The minimum absolute atomic E-state index is 0.0359. The highest BCUT2D eigenvalue weighted by Crippen LogP contribution is 2.27. The summed E-state index contributed by atoms with van der Waals surface area (Å²) in [5.74, 6) is -0.278. The van der Waals surface area contributed by atoms with Crippen LogP contribution in [0.25, 0.3) is 0 Å². The lowest BCUT2D eigenvalue weighted by atomic mass is 9.99. The van der Waals surface area contributed by atoms with Gasteiger partial charge in [0, 0.05) is 25.2 Å². The van der Waals surface area contributed by atoms with E-state index in [0.29, 0.717) is 18.7 Å². The number of hydrogen-bond donors (Lipinski definition) is 0. The number of fused-ring (bicyclic) bond motifs is 1. The van der Waals surface area contributed by atoms with Gasteiger partial charge in [-0.1, -0.05) is 42.5 Å². The topological polar surface area (TPSA) is 32.8 Å². The van der Waals surface area contributed by atoms with E-state index in [1.807, 2.05) is 23.1 Å². The van der Waals surface area contributed by atoms with E-state index < -0.39 is 12.4 Å². The molecule has 2 aromatic carbocycles. The summed E-state index contributed by atoms with van der Waals surface area (Å²) >= 11 is 0. The number of carbonyl (C=O) groups excluding carboxylic acids is 1. The molecule has 1 amide bonds. The number of ether oxygens (including phenoxy) is 1. The maximum Gasteiger partial charge on any atom is 0.573 e. The second kappa shape index (κ2) is 8.22. The molecule has 1 unspecified atom stereocenters. The molecule has 0 bridgehead atoms. The number of halogens is 3. The third kappa shape index (κ3) is 4.84. The minimum atomic E-state index is -4.75. The van der Waals surface area contributed by atoms with Crippen molar-refractivity contribution in [3.8, 4) is 5.75 Å². The number of benzene rings is 2. The number of nitrogens with zero attached hydrogens (tertiary/aromatic N) is 2. The molecule has 0 fully saturated rings. The molecular weight excluding hydrogens is 369 g/mol. The zero-order chi connectivity index (χ0) is 20.3. The third-order valence-electron chi connectivity index (χ3n) is 5.08. The fraction of sp³-hybridized carbons (Fsp3) is 0.381. The predicted octanol–water partition coefficient (Wildman–Crippen LogP) is 3.99. The van der Waals surface area contributed by atoms with E-state index in [2.05, 4.69) is 10.8 Å². The van der Waals surface area contributed by atoms with Gasteiger partial charge < -0.3 is 9.64 Å². The first-order chi connectivity index (χ1) is 13.2. The van der Waals surface area contributed by atoms with Gasteiger partial charge in [-0.25, -0.2) is 0 Å². The summed E-state index contributed by atoms with van der Waals surface area (Å²) in [6.45, 7) is 3.14. The van der Waals surface area contributed by atoms with Crippen molar-refractivity contribution in [1.82, 2.24) is 9.80 Å². The maximum atomic E-state index is 12.9. The van der Waals surface area contributed by atoms with Crippen LogP contribution in [0.5, 0.6) is 5.75 Å². The molecule has 1 heterocycles. The van der Waals surface area contributed by atoms with Gasteiger partial charge >= 0.3 is 6.36 Å². The van der Waals surface area contributed by atoms with E-state index in [-0.39, 0.29) is 18.2 Å². The molecular formula is C21H23F3N2O2. The van der Waals surface area contributed by atoms with Crippen LogP contribution in [0.4, 0.5) is 13.2 Å². The summed E-state index contributed by atoms with van der Waals surface area (Å²) < 4.78 is 41.9. The lowest BCUT2D eigenvalue weighted by Gasteiger charge is -2.34. The quantitative estimate of drug-likeness (QED) is 0.771. The molecule has 3 rings (SSSR count). The van der Waals surface area contributed by atoms with E-state index in [1.54, 1.807) is 31.0 Å². The van der Waals surface area contributed by atoms with Crippen molar-refractivity contribution in [3.05, 3.63) is 65.2 Å². The fourth-order valence-electron chi connectivity index (χ4n) is 3.40. The van der Waals surface area contributed by atoms with Crippen molar-refractivity contribution in [2.75, 3.05) is 13.6 Å². The van der Waals surface area contributed by atoms with Gasteiger partial charge in [0.15, 0.2) is 0 Å². The van der Waals surface area contributed by atoms with Crippen molar-refractivity contribution in [3.63, 3.8) is 0 Å². The largest absolute Gasteiger partial charge is 0.573 e. The highest BCUT2D eigenvalue weighted by Gasteiger charge is 2.32. The highest BCUT2D eigenvalue weighted by molar-refractivity contribution is 5.81. The Labute approximate surface area is 162 Å². The average Bonchev–Trinajstić information content (AvgIpc) is 2.66. The Hall–Kier alpha value is -2.54. The Morgan fingerprint density at radius 3 is 2.50 bits per heavy atom. The monoisotopic (exact) mass is 392 g/mol. The number of rotatable bonds is 5. The molecule has 28 heavy (non-hydrogen) atoms. The first-order valence-corrected chi connectivity index (χ1v) is 9.14. The lowest BCUT2D eigenvalue weighted by Crippen LogP contribution is -2.47. The third-order valence-corrected chi connectivity index (χ3v) is 5.08. The molecule has 7 heteroatoms. The van der Waals surface area contributed by atoms with Gasteiger partial charge in [-0.2, -0.15) is 0 Å². The molecule has 4 nitrogen and oxygen atoms in total. The Morgan fingerprint density at radius 2 is 1.79 bits per heavy atom. The first kappa shape index (κ1) is 20.2. The smallest absolute Gasteiger partial charge is 0.405 e. The van der Waals surface area contributed by atoms with Crippen molar-refractivity contribution < 1.29 is 22.7 Å². The number of likely N-dealkylation sites (N-methyl/N-ethyl adjacent to an activating group) is 1. The van der Waals surface area contributed by atoms with Gasteiger partial charge in [-0.3, -0.25) is 9.69 Å². The maximum absolute atomic E-state index is 12.9. The van der Waals surface area contributed by atoms with Gasteiger partial charge in [-0.15, -0.1) is 13.2 Å². The zero-order valence-corrected chi connectivity index (χ0v) is 15.9. The molecule has 150 valence electrons. The average molecular weight is 392 g/mol. The van der Waals surface area contributed by atoms with Crippen molar-refractivity contribution in [1.29, 1.82) is 0 Å². The Balaban J connectivity index is 1.67. The van der Waals surface area contributed by atoms with Crippen molar-refractivity contribution >= 4 is 5.91 Å². The van der Waals surface area contributed by atoms with Gasteiger partial charge in [0.1, 0.15) is 5.75 Å². The summed E-state index contributed by atoms with van der Waals surface area (Å²) in [5, 5.41) is 0. The van der Waals surface area contributed by atoms with Gasteiger partial charge in [0.25, 0.3) is 0 Å². The minimum Gasteiger partial charge on any atom is -0.405 e. The predicted molar refractivity (Wildman–Crippen MR) is 99.6 cm³/mol. The van der Waals surface area contributed by atoms with Crippen LogP contribution < -0.4 is 4.74 Å². The normalized spacial score (nSPS) is 15.3. The van der Waals surface area contributed by atoms with Crippen LogP contribution in [0, 0.1) is 0 Å². The zero-order valence-electron chi connectivity index (χ0n) is 15.9. The van der Waals surface area contributed by atoms with Crippen LogP contribution in [-0.4, -0.2) is 41.7 Å². The molecule has 1 aliphatic heterocycles. The van der Waals surface area contributed by atoms with E-state index in [1.165, 1.54) is 17.7 Å². The Bertz CT molecular complexity index is 838. The van der Waals surface area contributed by atoms with Gasteiger partial charge in [0.2, 0.25) is 5.91 Å². The number of carbonyl (C=O) groups is 1. The molecule has 0 spiro atoms. The Morgan fingerprint density at radius 1 is 1.14 bits per heavy atom. The molecule has 0 N–H and O–H groups in total. The molecule has 0 saturated carbocycles. The highest BCUT2D eigenvalue weighted by atomic mass is 19.4. The van der Waals surface area contributed by atoms with Crippen LogP contribution in [0.1, 0.15) is 23.6 Å². The van der Waals surface area contributed by atoms with Crippen molar-refractivity contribution in [2.45, 2.75) is 38.8 Å². The number of para-hydroxylation sites is 1. The fourth-order valence-corrected chi connectivity index (χ4v) is 3.40. The van der Waals surface area contributed by atoms with Crippen LogP contribution in [-0.2, 0) is 24.3 Å². The first-order valence-electron chi connectivity index (χ1n) is 9.14. The standard InChI is InChI=1S/C21H23F3N2O2/c1-15(20(27)26-12-11-16-7-3-4-8-17(16)14-26)25(2)13-18-9-5-6-10-19(18)28-21(22,23)24/h3-10,15H,11-14H2,1-2H3. The van der Waals surface area contributed by atoms with E-state index in [4.69, 9.17) is 0 Å². The van der Waals surface area contributed by atoms with Crippen LogP contribution in [0.2, 0.25) is 0 Å². The summed E-state index contributed by atoms with van der Waals surface area (Å²) in [6, 6.07) is 13.6. The number of amides is 1. The molecule has 0 aromatic heterocycles. The lowest BCUT2D eigenvalue weighted by molar-refractivity contribution is -0.275. The summed E-state index contributed by atoms with van der Waals surface area (Å²) in [5.41, 5.74) is 2.78. The molecule has 0 aliphatic carbocycles. The summed E-state index contributed by atoms with van der Waals surface area (Å²) in [6.07, 6.45) is -3.95. The molecule has 1 atom stereocenters. The van der Waals surface area contributed by atoms with E-state index in [0.717, 1.165) is 12.0 Å². The van der Waals surface area contributed by atoms with E-state index in [9.17, 15) is 18.0 Å². The SMILES string of the molecule is CC(C(=O)N1CCc2ccccc2C1)N(C)Cc1ccccc1OC(F)(F)F. The second-order valence-electron chi connectivity index (χ2n) is 7.03. The number of hydrogen-bond acceptors (Lipinski definition) is 3. The molecule has 1 aliphatic rings. The molecule has 0 radical (unpaired) electrons. The summed E-state index contributed by atoms with van der Waals surface area (Å²) in [7, 11) is 1.73. The number of alkyl halides is 3. The van der Waals surface area contributed by atoms with Crippen LogP contribution in [0.3, 0.4) is 0 Å². The summed E-state index contributed by atoms with van der Waals surface area (Å²) in [4.78, 5) is 16.5. The van der Waals surface area contributed by atoms with Crippen LogP contribution in [0.15, 0.2) is 48.5 Å². The van der Waals surface area contributed by atoms with Gasteiger partial charge in [0.05, 0.1) is 6.04 Å². The second-order valence-corrected chi connectivity index (χ2v) is 7.03. The molecule has 2 aromatic rings. The van der Waals surface area contributed by atoms with Crippen molar-refractivity contribution in [2.24, 2.45) is 0 Å². The van der Waals surface area contributed by atoms with E-state index >= 15 is 0 Å². The van der Waals surface area contributed by atoms with Gasteiger partial charge in [-0.05, 0) is 37.6 Å².